The number of primary amides is 1. The number of hydrogen-bond acceptors (Lipinski definition) is 5. The van der Waals surface area contributed by atoms with Gasteiger partial charge in [0.15, 0.2) is 0 Å². The molecule has 2 heterocycles. The fourth-order valence-electron chi connectivity index (χ4n) is 3.08. The number of sulfonamides is 1. The van der Waals surface area contributed by atoms with E-state index in [4.69, 9.17) is 5.73 Å². The molecule has 9 heteroatoms. The normalized spacial score (nSPS) is 17.3. The molecule has 1 atom stereocenters. The summed E-state index contributed by atoms with van der Waals surface area (Å²) in [7, 11) is -3.56. The molecule has 0 aliphatic carbocycles. The van der Waals surface area contributed by atoms with Crippen molar-refractivity contribution in [3.05, 3.63) is 54.2 Å². The number of carbonyl (C=O) groups excluding carboxylic acids is 1. The van der Waals surface area contributed by atoms with E-state index in [1.807, 2.05) is 18.2 Å². The lowest BCUT2D eigenvalue weighted by molar-refractivity contribution is -0.917. The molecule has 1 aliphatic rings. The lowest BCUT2D eigenvalue weighted by atomic mass is 10.2. The molecule has 3 N–H and O–H groups in total. The number of nitrogens with two attached hydrogens (primary N) is 1. The molecule has 1 aromatic carbocycles. The molecule has 28 heavy (non-hydrogen) atoms. The molecule has 1 fully saturated rings. The molecule has 3 rings (SSSR count). The quantitative estimate of drug-likeness (QED) is 0.620. The summed E-state index contributed by atoms with van der Waals surface area (Å²) in [4.78, 5) is 16.9. The largest absolute Gasteiger partial charge is 0.369 e. The van der Waals surface area contributed by atoms with E-state index in [1.165, 1.54) is 32.7 Å². The van der Waals surface area contributed by atoms with Crippen LogP contribution < -0.4 is 10.6 Å². The highest BCUT2D eigenvalue weighted by Crippen LogP contribution is 2.23. The molecule has 1 saturated heterocycles. The van der Waals surface area contributed by atoms with Gasteiger partial charge in [-0.2, -0.15) is 4.31 Å². The maximum absolute atomic E-state index is 12.9. The minimum Gasteiger partial charge on any atom is -0.369 e. The third kappa shape index (κ3) is 5.11. The molecule has 0 saturated carbocycles. The Morgan fingerprint density at radius 2 is 1.89 bits per heavy atom. The molecular formula is C19H25N4O3S2+. The number of thioether (sulfide) groups is 1. The Morgan fingerprint density at radius 3 is 2.46 bits per heavy atom. The van der Waals surface area contributed by atoms with Gasteiger partial charge in [-0.15, -0.1) is 0 Å². The second-order valence-corrected chi connectivity index (χ2v) is 10.1. The van der Waals surface area contributed by atoms with Gasteiger partial charge in [0.25, 0.3) is 0 Å². The summed E-state index contributed by atoms with van der Waals surface area (Å²) >= 11 is 1.21. The highest BCUT2D eigenvalue weighted by atomic mass is 32.2. The zero-order valence-electron chi connectivity index (χ0n) is 15.7. The fourth-order valence-corrected chi connectivity index (χ4v) is 5.21. The van der Waals surface area contributed by atoms with Crippen LogP contribution in [-0.2, 0) is 21.4 Å². The third-order valence-electron chi connectivity index (χ3n) is 4.77. The molecule has 0 radical (unpaired) electrons. The molecule has 1 aliphatic heterocycles. The van der Waals surface area contributed by atoms with Crippen molar-refractivity contribution in [1.29, 1.82) is 0 Å². The third-order valence-corrected chi connectivity index (χ3v) is 7.72. The summed E-state index contributed by atoms with van der Waals surface area (Å²) in [6.07, 6.45) is 1.36. The summed E-state index contributed by atoms with van der Waals surface area (Å²) < 4.78 is 27.3. The van der Waals surface area contributed by atoms with Gasteiger partial charge in [-0.3, -0.25) is 4.79 Å². The Kier molecular flexibility index (Phi) is 6.71. The summed E-state index contributed by atoms with van der Waals surface area (Å²) in [5, 5.41) is 0.151. The molecule has 1 amide bonds. The monoisotopic (exact) mass is 421 g/mol. The Labute approximate surface area is 170 Å². The van der Waals surface area contributed by atoms with Crippen molar-refractivity contribution in [1.82, 2.24) is 9.29 Å². The van der Waals surface area contributed by atoms with Crippen LogP contribution in [0.5, 0.6) is 0 Å². The van der Waals surface area contributed by atoms with Crippen molar-refractivity contribution >= 4 is 27.7 Å². The van der Waals surface area contributed by atoms with Crippen LogP contribution in [0, 0.1) is 0 Å². The van der Waals surface area contributed by atoms with Gasteiger partial charge in [0, 0.05) is 11.8 Å². The summed E-state index contributed by atoms with van der Waals surface area (Å²) in [5.74, 6) is -0.431. The van der Waals surface area contributed by atoms with E-state index in [9.17, 15) is 13.2 Å². The van der Waals surface area contributed by atoms with Gasteiger partial charge in [-0.05, 0) is 19.1 Å². The predicted molar refractivity (Wildman–Crippen MR) is 108 cm³/mol. The van der Waals surface area contributed by atoms with Gasteiger partial charge in [-0.25, -0.2) is 13.4 Å². The van der Waals surface area contributed by atoms with Crippen LogP contribution in [-0.4, -0.2) is 55.0 Å². The van der Waals surface area contributed by atoms with E-state index < -0.39 is 21.2 Å². The molecule has 2 aromatic rings. The Balaban J connectivity index is 1.60. The van der Waals surface area contributed by atoms with Crippen molar-refractivity contribution in [3.63, 3.8) is 0 Å². The van der Waals surface area contributed by atoms with Crippen molar-refractivity contribution in [2.24, 2.45) is 5.73 Å². The summed E-state index contributed by atoms with van der Waals surface area (Å²) in [6.45, 7) is 5.10. The number of hydrogen-bond donors (Lipinski definition) is 2. The number of pyridine rings is 1. The Morgan fingerprint density at radius 1 is 1.21 bits per heavy atom. The average Bonchev–Trinajstić information content (AvgIpc) is 2.69. The maximum Gasteiger partial charge on any atom is 0.245 e. The smallest absolute Gasteiger partial charge is 0.245 e. The zero-order chi connectivity index (χ0) is 20.1. The first-order valence-corrected chi connectivity index (χ1v) is 11.5. The van der Waals surface area contributed by atoms with E-state index in [0.29, 0.717) is 18.1 Å². The van der Waals surface area contributed by atoms with Crippen LogP contribution in [0.25, 0.3) is 0 Å². The molecule has 150 valence electrons. The standard InChI is InChI=1S/C19H24N4O3S2/c1-15(19(20)24)27-18-8-7-17(13-21-18)28(25,26)23-11-9-22(10-12-23)14-16-5-3-2-4-6-16/h2-8,13,15H,9-12,14H2,1H3,(H2,20,24)/p+1/t15-/m0/s1. The van der Waals surface area contributed by atoms with Crippen molar-refractivity contribution < 1.29 is 18.1 Å². The number of carbonyl (C=O) groups is 1. The van der Waals surface area contributed by atoms with E-state index in [-0.39, 0.29) is 4.90 Å². The SMILES string of the molecule is C[C@H](Sc1ccc(S(=O)(=O)N2CC[NH+](Cc3ccccc3)CC2)cn1)C(N)=O. The topological polar surface area (TPSA) is 97.8 Å². The summed E-state index contributed by atoms with van der Waals surface area (Å²) in [5.41, 5.74) is 6.51. The minimum atomic E-state index is -3.56. The van der Waals surface area contributed by atoms with Gasteiger partial charge in [0.05, 0.1) is 36.5 Å². The van der Waals surface area contributed by atoms with Gasteiger partial charge >= 0.3 is 0 Å². The number of quaternary nitrogens is 1. The van der Waals surface area contributed by atoms with E-state index in [2.05, 4.69) is 17.1 Å². The number of benzene rings is 1. The van der Waals surface area contributed by atoms with Crippen molar-refractivity contribution in [3.8, 4) is 0 Å². The molecule has 0 spiro atoms. The van der Waals surface area contributed by atoms with Crippen LogP contribution in [0.4, 0.5) is 0 Å². The average molecular weight is 422 g/mol. The first-order valence-electron chi connectivity index (χ1n) is 9.16. The molecule has 0 unspecified atom stereocenters. The van der Waals surface area contributed by atoms with E-state index >= 15 is 0 Å². The lowest BCUT2D eigenvalue weighted by Gasteiger charge is -2.31. The van der Waals surface area contributed by atoms with E-state index in [0.717, 1.165) is 19.6 Å². The first-order chi connectivity index (χ1) is 13.4. The highest BCUT2D eigenvalue weighted by Gasteiger charge is 2.30. The van der Waals surface area contributed by atoms with Crippen molar-refractivity contribution in [2.75, 3.05) is 26.2 Å². The van der Waals surface area contributed by atoms with Crippen LogP contribution in [0.2, 0.25) is 0 Å². The van der Waals surface area contributed by atoms with Crippen LogP contribution >= 0.6 is 11.8 Å². The number of amides is 1. The van der Waals surface area contributed by atoms with Crippen molar-refractivity contribution in [2.45, 2.75) is 28.6 Å². The van der Waals surface area contributed by atoms with Gasteiger partial charge in [0.2, 0.25) is 15.9 Å². The Bertz CT molecular complexity index is 897. The second kappa shape index (κ2) is 9.04. The zero-order valence-corrected chi connectivity index (χ0v) is 17.4. The van der Waals surface area contributed by atoms with Crippen LogP contribution in [0.3, 0.4) is 0 Å². The van der Waals surface area contributed by atoms with Gasteiger partial charge < -0.3 is 10.6 Å². The molecule has 7 nitrogen and oxygen atoms in total. The molecule has 0 bridgehead atoms. The fraction of sp³-hybridized carbons (Fsp3) is 0.368. The minimum absolute atomic E-state index is 0.176. The summed E-state index contributed by atoms with van der Waals surface area (Å²) in [6, 6.07) is 13.4. The number of nitrogens with zero attached hydrogens (tertiary/aromatic N) is 2. The van der Waals surface area contributed by atoms with Gasteiger partial charge in [0.1, 0.15) is 11.4 Å². The number of nitrogens with one attached hydrogen (secondary N) is 1. The highest BCUT2D eigenvalue weighted by molar-refractivity contribution is 8.00. The van der Waals surface area contributed by atoms with Crippen LogP contribution in [0.1, 0.15) is 12.5 Å². The van der Waals surface area contributed by atoms with Crippen LogP contribution in [0.15, 0.2) is 58.6 Å². The number of aromatic nitrogens is 1. The Hall–Kier alpha value is -1.94. The molecular weight excluding hydrogens is 396 g/mol. The molecule has 1 aromatic heterocycles. The second-order valence-electron chi connectivity index (χ2n) is 6.81. The van der Waals surface area contributed by atoms with E-state index in [1.54, 1.807) is 19.1 Å². The van der Waals surface area contributed by atoms with Gasteiger partial charge in [-0.1, -0.05) is 42.1 Å². The maximum atomic E-state index is 12.9. The number of piperazine rings is 1. The number of rotatable bonds is 7. The predicted octanol–water partition coefficient (Wildman–Crippen LogP) is 0.137. The first kappa shape index (κ1) is 20.8. The lowest BCUT2D eigenvalue weighted by Crippen LogP contribution is -3.13.